The number of H-pyrrole nitrogens is 1. The monoisotopic (exact) mass is 207 g/mol. The number of hydrogen-bond donors (Lipinski definition) is 2. The Labute approximate surface area is 87.7 Å². The number of nitrogens with zero attached hydrogens (tertiary/aromatic N) is 1. The normalized spacial score (nSPS) is 25.1. The van der Waals surface area contributed by atoms with Crippen LogP contribution in [0.2, 0.25) is 0 Å². The Morgan fingerprint density at radius 3 is 2.86 bits per heavy atom. The fourth-order valence-electron chi connectivity index (χ4n) is 2.27. The number of hydrogen-bond acceptors (Lipinski definition) is 3. The molecule has 3 rings (SSSR count). The molecule has 3 nitrogen and oxygen atoms in total. The fraction of sp³-hybridized carbons (Fsp3) is 0.600. The van der Waals surface area contributed by atoms with Crippen LogP contribution < -0.4 is 5.73 Å². The summed E-state index contributed by atoms with van der Waals surface area (Å²) >= 11 is 5.12. The van der Waals surface area contributed by atoms with Crippen LogP contribution in [0.25, 0.3) is 0 Å². The molecule has 3 N–H and O–H groups in total. The topological polar surface area (TPSA) is 54.7 Å². The second-order valence-electron chi connectivity index (χ2n) is 4.24. The van der Waals surface area contributed by atoms with E-state index in [-0.39, 0.29) is 6.04 Å². The van der Waals surface area contributed by atoms with Crippen LogP contribution in [0.3, 0.4) is 0 Å². The first kappa shape index (κ1) is 8.56. The van der Waals surface area contributed by atoms with Gasteiger partial charge >= 0.3 is 0 Å². The quantitative estimate of drug-likeness (QED) is 0.692. The second-order valence-corrected chi connectivity index (χ2v) is 4.63. The van der Waals surface area contributed by atoms with Crippen molar-refractivity contribution < 1.29 is 0 Å². The summed E-state index contributed by atoms with van der Waals surface area (Å²) in [5.41, 5.74) is 9.76. The highest BCUT2D eigenvalue weighted by atomic mass is 32.1. The molecule has 74 valence electrons. The minimum absolute atomic E-state index is 0.181. The first-order valence-corrected chi connectivity index (χ1v) is 5.55. The largest absolute Gasteiger partial charge is 0.334 e. The Bertz CT molecular complexity index is 433. The fourth-order valence-corrected chi connectivity index (χ4v) is 2.49. The third-order valence-corrected chi connectivity index (χ3v) is 3.31. The van der Waals surface area contributed by atoms with Crippen LogP contribution >= 0.6 is 12.2 Å². The Morgan fingerprint density at radius 1 is 1.36 bits per heavy atom. The molecule has 2 aliphatic rings. The molecule has 0 bridgehead atoms. The first-order chi connectivity index (χ1) is 6.75. The van der Waals surface area contributed by atoms with Gasteiger partial charge < -0.3 is 10.7 Å². The molecule has 1 fully saturated rings. The van der Waals surface area contributed by atoms with Crippen LogP contribution in [0.5, 0.6) is 0 Å². The summed E-state index contributed by atoms with van der Waals surface area (Å²) in [6.07, 6.45) is 4.57. The van der Waals surface area contributed by atoms with Crippen molar-refractivity contribution in [1.29, 1.82) is 0 Å². The van der Waals surface area contributed by atoms with E-state index in [2.05, 4.69) is 9.97 Å². The van der Waals surface area contributed by atoms with E-state index in [4.69, 9.17) is 18.0 Å². The summed E-state index contributed by atoms with van der Waals surface area (Å²) in [6, 6.07) is 0.181. The van der Waals surface area contributed by atoms with Gasteiger partial charge in [0.2, 0.25) is 0 Å². The molecule has 14 heavy (non-hydrogen) atoms. The van der Waals surface area contributed by atoms with Gasteiger partial charge in [0.15, 0.2) is 4.77 Å². The molecule has 1 saturated carbocycles. The van der Waals surface area contributed by atoms with E-state index in [1.54, 1.807) is 0 Å². The minimum atomic E-state index is 0.181. The summed E-state index contributed by atoms with van der Waals surface area (Å²) in [6.45, 7) is 0. The van der Waals surface area contributed by atoms with Gasteiger partial charge in [0.25, 0.3) is 0 Å². The van der Waals surface area contributed by atoms with Crippen molar-refractivity contribution in [2.75, 3.05) is 0 Å². The first-order valence-electron chi connectivity index (χ1n) is 5.14. The molecular weight excluding hydrogens is 194 g/mol. The SMILES string of the molecule is NC1CCc2[nH]c(=S)nc(C3CC3)c21. The van der Waals surface area contributed by atoms with Crippen LogP contribution in [0.4, 0.5) is 0 Å². The zero-order valence-electron chi connectivity index (χ0n) is 7.92. The molecule has 0 aliphatic heterocycles. The highest BCUT2D eigenvalue weighted by molar-refractivity contribution is 7.71. The molecule has 0 spiro atoms. The molecule has 0 aromatic carbocycles. The van der Waals surface area contributed by atoms with Crippen molar-refractivity contribution in [2.45, 2.75) is 37.6 Å². The van der Waals surface area contributed by atoms with E-state index >= 15 is 0 Å². The van der Waals surface area contributed by atoms with Gasteiger partial charge in [-0.2, -0.15) is 0 Å². The van der Waals surface area contributed by atoms with Gasteiger partial charge in [-0.3, -0.25) is 0 Å². The van der Waals surface area contributed by atoms with E-state index in [0.717, 1.165) is 12.8 Å². The summed E-state index contributed by atoms with van der Waals surface area (Å²) in [4.78, 5) is 7.60. The van der Waals surface area contributed by atoms with E-state index in [1.165, 1.54) is 29.8 Å². The lowest BCUT2D eigenvalue weighted by molar-refractivity contribution is 0.702. The summed E-state index contributed by atoms with van der Waals surface area (Å²) in [5.74, 6) is 0.643. The Morgan fingerprint density at radius 2 is 2.14 bits per heavy atom. The van der Waals surface area contributed by atoms with Crippen molar-refractivity contribution in [2.24, 2.45) is 5.73 Å². The smallest absolute Gasteiger partial charge is 0.197 e. The molecule has 4 heteroatoms. The molecule has 1 aromatic rings. The summed E-state index contributed by atoms with van der Waals surface area (Å²) < 4.78 is 0.625. The number of nitrogens with one attached hydrogen (secondary N) is 1. The van der Waals surface area contributed by atoms with Gasteiger partial charge in [-0.1, -0.05) is 0 Å². The Hall–Kier alpha value is -0.740. The van der Waals surface area contributed by atoms with Gasteiger partial charge in [-0.25, -0.2) is 4.98 Å². The van der Waals surface area contributed by atoms with Crippen LogP contribution in [-0.2, 0) is 6.42 Å². The molecule has 0 amide bonds. The number of fused-ring (bicyclic) bond motifs is 1. The van der Waals surface area contributed by atoms with Gasteiger partial charge in [0, 0.05) is 23.2 Å². The molecule has 1 aromatic heterocycles. The number of nitrogens with two attached hydrogens (primary N) is 1. The zero-order chi connectivity index (χ0) is 9.71. The van der Waals surface area contributed by atoms with Crippen molar-refractivity contribution in [3.05, 3.63) is 21.7 Å². The predicted octanol–water partition coefficient (Wildman–Crippen LogP) is 1.96. The van der Waals surface area contributed by atoms with Crippen LogP contribution in [-0.4, -0.2) is 9.97 Å². The number of rotatable bonds is 1. The molecule has 1 heterocycles. The number of aromatic nitrogens is 2. The summed E-state index contributed by atoms with van der Waals surface area (Å²) in [5, 5.41) is 0. The van der Waals surface area contributed by atoms with E-state index < -0.39 is 0 Å². The van der Waals surface area contributed by atoms with Gasteiger partial charge in [-0.15, -0.1) is 0 Å². The van der Waals surface area contributed by atoms with Crippen molar-refractivity contribution in [3.8, 4) is 0 Å². The van der Waals surface area contributed by atoms with Gasteiger partial charge in [-0.05, 0) is 37.9 Å². The maximum absolute atomic E-state index is 6.07. The van der Waals surface area contributed by atoms with Crippen LogP contribution in [0.1, 0.15) is 48.2 Å². The van der Waals surface area contributed by atoms with E-state index in [1.807, 2.05) is 0 Å². The average molecular weight is 207 g/mol. The maximum Gasteiger partial charge on any atom is 0.197 e. The Balaban J connectivity index is 2.22. The summed E-state index contributed by atoms with van der Waals surface area (Å²) in [7, 11) is 0. The predicted molar refractivity (Wildman–Crippen MR) is 56.6 cm³/mol. The lowest BCUT2D eigenvalue weighted by Crippen LogP contribution is -2.10. The maximum atomic E-state index is 6.07. The van der Waals surface area contributed by atoms with Gasteiger partial charge in [0.05, 0.1) is 5.69 Å². The van der Waals surface area contributed by atoms with Crippen molar-refractivity contribution >= 4 is 12.2 Å². The Kier molecular flexibility index (Phi) is 1.76. The standard InChI is InChI=1S/C10H13N3S/c11-6-3-4-7-8(6)9(5-1-2-5)13-10(14)12-7/h5-6H,1-4,11H2,(H,12,13,14). The van der Waals surface area contributed by atoms with Gasteiger partial charge in [0.1, 0.15) is 0 Å². The number of aryl methyl sites for hydroxylation is 1. The molecule has 0 saturated heterocycles. The molecule has 1 atom stereocenters. The molecular formula is C10H13N3S. The lowest BCUT2D eigenvalue weighted by Gasteiger charge is -2.09. The van der Waals surface area contributed by atoms with Crippen molar-refractivity contribution in [3.63, 3.8) is 0 Å². The second kappa shape index (κ2) is 2.87. The van der Waals surface area contributed by atoms with E-state index in [0.29, 0.717) is 10.7 Å². The average Bonchev–Trinajstić information content (AvgIpc) is 2.92. The lowest BCUT2D eigenvalue weighted by atomic mass is 10.1. The minimum Gasteiger partial charge on any atom is -0.334 e. The van der Waals surface area contributed by atoms with E-state index in [9.17, 15) is 0 Å². The molecule has 0 radical (unpaired) electrons. The molecule has 2 aliphatic carbocycles. The highest BCUT2D eigenvalue weighted by Gasteiger charge is 2.33. The zero-order valence-corrected chi connectivity index (χ0v) is 8.73. The van der Waals surface area contributed by atoms with Crippen LogP contribution in [0.15, 0.2) is 0 Å². The third kappa shape index (κ3) is 1.21. The highest BCUT2D eigenvalue weighted by Crippen LogP contribution is 2.44. The molecule has 1 unspecified atom stereocenters. The van der Waals surface area contributed by atoms with Crippen LogP contribution in [0, 0.1) is 4.77 Å². The number of aromatic amines is 1. The third-order valence-electron chi connectivity index (χ3n) is 3.12. The van der Waals surface area contributed by atoms with Crippen molar-refractivity contribution in [1.82, 2.24) is 9.97 Å².